The molecular weight excluding hydrogens is 907 g/mol. The van der Waals surface area contributed by atoms with Crippen molar-refractivity contribution in [3.05, 3.63) is 65.2 Å². The van der Waals surface area contributed by atoms with Gasteiger partial charge in [0.05, 0.1) is 32.0 Å². The van der Waals surface area contributed by atoms with Gasteiger partial charge in [0.25, 0.3) is 11.5 Å². The summed E-state index contributed by atoms with van der Waals surface area (Å²) in [6.07, 6.45) is -4.31. The van der Waals surface area contributed by atoms with E-state index in [1.54, 1.807) is 51.1 Å². The second kappa shape index (κ2) is 17.6. The van der Waals surface area contributed by atoms with Crippen LogP contribution in [0.5, 0.6) is 0 Å². The van der Waals surface area contributed by atoms with Gasteiger partial charge in [0.2, 0.25) is 11.9 Å². The van der Waals surface area contributed by atoms with Gasteiger partial charge in [-0.15, -0.1) is 0 Å². The van der Waals surface area contributed by atoms with Crippen LogP contribution in [0.3, 0.4) is 0 Å². The first kappa shape index (κ1) is 46.9. The number of phosphoric acid groups is 1. The molecule has 0 radical (unpaired) electrons. The topological polar surface area (TPSA) is 284 Å². The molecule has 23 nitrogen and oxygen atoms in total. The van der Waals surface area contributed by atoms with Gasteiger partial charge in [0.15, 0.2) is 48.9 Å². The molecule has 5 aromatic rings. The highest BCUT2D eigenvalue weighted by molar-refractivity contribution is 7.53. The molecule has 2 amide bonds. The number of hydrogen-bond donors (Lipinski definition) is 4. The molecule has 3 fully saturated rings. The Bertz CT molecular complexity index is 2760. The van der Waals surface area contributed by atoms with Gasteiger partial charge in [0, 0.05) is 24.1 Å². The number of hydrogen-bond acceptors (Lipinski definition) is 17. The highest BCUT2D eigenvalue weighted by Gasteiger charge is 2.55. The zero-order chi connectivity index (χ0) is 46.8. The molecule has 4 unspecified atom stereocenters. The molecule has 3 aliphatic rings. The number of imidazole rings is 2. The van der Waals surface area contributed by atoms with Gasteiger partial charge in [-0.25, -0.2) is 24.5 Å². The molecule has 4 bridgehead atoms. The number of nitrogens with one attached hydrogen (secondary N) is 3. The van der Waals surface area contributed by atoms with Crippen molar-refractivity contribution in [3.63, 3.8) is 0 Å². The Morgan fingerprint density at radius 2 is 1.55 bits per heavy atom. The number of aromatic amines is 1. The Labute approximate surface area is 373 Å². The smallest absolute Gasteiger partial charge is 0.408 e. The number of nitrogens with zero attached hydrogens (tertiary/aromatic N) is 7. The number of rotatable bonds is 8. The Balaban J connectivity index is 1.14. The summed E-state index contributed by atoms with van der Waals surface area (Å²) in [5.41, 5.74) is 0.00690. The SMILES string of the molecule is CC(C)C(=O)Nc1nc2c(ncn2[C@@H]2O[C@@H]3COP(=O)(O)O[C@H]4C(C)[C@@H](COP(C)(=O)O[C@H]2C3O[Si](C)(C)C(C)(C)C)O[C@H]4n2cnc3c(NC(=O)c4ccccc4)ncnc32)c(=O)[nH]1. The van der Waals surface area contributed by atoms with Crippen molar-refractivity contribution in [1.82, 2.24) is 39.0 Å². The summed E-state index contributed by atoms with van der Waals surface area (Å²) in [6, 6.07) is 8.53. The van der Waals surface area contributed by atoms with E-state index < -0.39 is 103 Å². The van der Waals surface area contributed by atoms with Crippen LogP contribution in [0.1, 0.15) is 64.4 Å². The summed E-state index contributed by atoms with van der Waals surface area (Å²) >= 11 is 0. The lowest BCUT2D eigenvalue weighted by molar-refractivity contribution is -0.118. The van der Waals surface area contributed by atoms with Crippen molar-refractivity contribution >= 4 is 69.6 Å². The van der Waals surface area contributed by atoms with Crippen LogP contribution in [0.25, 0.3) is 22.3 Å². The summed E-state index contributed by atoms with van der Waals surface area (Å²) < 4.78 is 75.8. The Hall–Kier alpha value is -4.58. The van der Waals surface area contributed by atoms with E-state index in [1.165, 1.54) is 34.8 Å². The van der Waals surface area contributed by atoms with Gasteiger partial charge in [-0.1, -0.05) is 59.7 Å². The Morgan fingerprint density at radius 1 is 0.908 bits per heavy atom. The maximum atomic E-state index is 14.6. The lowest BCUT2D eigenvalue weighted by Gasteiger charge is -2.40. The summed E-state index contributed by atoms with van der Waals surface area (Å²) in [5, 5.41) is 4.97. The van der Waals surface area contributed by atoms with E-state index in [2.05, 4.69) is 40.5 Å². The number of amides is 2. The second-order valence-electron chi connectivity index (χ2n) is 18.1. The first-order valence-electron chi connectivity index (χ1n) is 20.9. The molecule has 0 aliphatic carbocycles. The molecule has 4 N–H and O–H groups in total. The monoisotopic (exact) mass is 958 g/mol. The summed E-state index contributed by atoms with van der Waals surface area (Å²) in [7, 11) is -11.9. The molecule has 65 heavy (non-hydrogen) atoms. The number of anilines is 2. The van der Waals surface area contributed by atoms with E-state index in [4.69, 9.17) is 32.0 Å². The third-order valence-corrected chi connectivity index (χ3v) is 18.7. The molecule has 26 heteroatoms. The van der Waals surface area contributed by atoms with Crippen LogP contribution in [0, 0.1) is 11.8 Å². The molecule has 3 saturated heterocycles. The lowest BCUT2D eigenvalue weighted by atomic mass is 10.0. The van der Waals surface area contributed by atoms with E-state index in [0.717, 1.165) is 0 Å². The highest BCUT2D eigenvalue weighted by Crippen LogP contribution is 2.56. The van der Waals surface area contributed by atoms with E-state index in [0.29, 0.717) is 5.56 Å². The molecule has 7 heterocycles. The standard InChI is InChI=1S/C39H52N10O13P2Si/c1-20(2)33(50)46-38-45-32-26(35(52)47-38)43-19-49(32)37-29-28(62-65(8,9)39(4,5)6)24(59-37)16-57-64(54,55)61-27-21(3)23(15-56-63(7,53)60-29)58-36(27)48-18-42-25-30(40-17-41-31(25)48)44-34(51)22-13-11-10-12-14-22/h10-14,17-21,23-24,27-29,36-37H,15-16H2,1-9H3,(H,54,55)(H,40,41,44,51)(H2,45,46,47,50,52)/t21?,23-,24-,27+,28?,29+,36-,37-,63?/m1/s1. The van der Waals surface area contributed by atoms with Crippen molar-refractivity contribution in [2.75, 3.05) is 30.5 Å². The Kier molecular flexibility index (Phi) is 12.7. The minimum atomic E-state index is -5.01. The third-order valence-electron chi connectivity index (χ3n) is 12.0. The summed E-state index contributed by atoms with van der Waals surface area (Å²) in [5.74, 6) is -2.02. The number of carbonyl (C=O) groups is 2. The molecule has 3 aliphatic heterocycles. The summed E-state index contributed by atoms with van der Waals surface area (Å²) in [6.45, 7) is 15.4. The van der Waals surface area contributed by atoms with Crippen LogP contribution in [0.15, 0.2) is 54.1 Å². The van der Waals surface area contributed by atoms with Crippen LogP contribution in [0.4, 0.5) is 11.8 Å². The van der Waals surface area contributed by atoms with Crippen molar-refractivity contribution in [2.24, 2.45) is 11.8 Å². The number of aromatic nitrogens is 8. The van der Waals surface area contributed by atoms with Crippen molar-refractivity contribution < 1.29 is 55.6 Å². The molecule has 1 aromatic carbocycles. The largest absolute Gasteiger partial charge is 0.472 e. The van der Waals surface area contributed by atoms with Crippen molar-refractivity contribution in [1.29, 1.82) is 0 Å². The first-order valence-corrected chi connectivity index (χ1v) is 27.3. The first-order chi connectivity index (χ1) is 30.5. The van der Waals surface area contributed by atoms with Crippen LogP contribution < -0.4 is 16.2 Å². The number of benzene rings is 1. The molecule has 4 aromatic heterocycles. The number of phosphoric ester groups is 1. The van der Waals surface area contributed by atoms with Gasteiger partial charge < -0.3 is 28.6 Å². The van der Waals surface area contributed by atoms with Gasteiger partial charge >= 0.3 is 15.4 Å². The fourth-order valence-electron chi connectivity index (χ4n) is 7.40. The minimum absolute atomic E-state index is 0.0199. The fourth-order valence-corrected chi connectivity index (χ4v) is 10.9. The second-order valence-corrected chi connectivity index (χ2v) is 26.2. The van der Waals surface area contributed by atoms with Gasteiger partial charge in [0.1, 0.15) is 30.7 Å². The maximum absolute atomic E-state index is 14.6. The molecule has 10 atom stereocenters. The van der Waals surface area contributed by atoms with Gasteiger partial charge in [-0.2, -0.15) is 4.98 Å². The maximum Gasteiger partial charge on any atom is 0.472 e. The third kappa shape index (κ3) is 9.52. The predicted octanol–water partition coefficient (Wildman–Crippen LogP) is 5.37. The summed E-state index contributed by atoms with van der Waals surface area (Å²) in [4.78, 5) is 74.7. The van der Waals surface area contributed by atoms with E-state index in [9.17, 15) is 28.4 Å². The van der Waals surface area contributed by atoms with Crippen molar-refractivity contribution in [2.45, 2.75) is 103 Å². The molecule has 8 rings (SSSR count). The number of carbonyl (C=O) groups excluding carboxylic acids is 2. The van der Waals surface area contributed by atoms with E-state index in [-0.39, 0.29) is 45.7 Å². The number of H-pyrrole nitrogens is 1. The van der Waals surface area contributed by atoms with Crippen LogP contribution in [-0.2, 0) is 45.9 Å². The van der Waals surface area contributed by atoms with E-state index in [1.807, 2.05) is 33.9 Å². The quantitative estimate of drug-likeness (QED) is 0.112. The van der Waals surface area contributed by atoms with Crippen LogP contribution in [0.2, 0.25) is 18.1 Å². The average molecular weight is 959 g/mol. The van der Waals surface area contributed by atoms with Gasteiger partial charge in [-0.05, 0) is 30.3 Å². The zero-order valence-corrected chi connectivity index (χ0v) is 39.9. The normalized spacial score (nSPS) is 30.1. The molecule has 0 spiro atoms. The Morgan fingerprint density at radius 3 is 2.25 bits per heavy atom. The van der Waals surface area contributed by atoms with Crippen LogP contribution in [-0.4, -0.2) is 114 Å². The highest BCUT2D eigenvalue weighted by atomic mass is 31.2. The zero-order valence-electron chi connectivity index (χ0n) is 37.1. The molecule has 0 saturated carbocycles. The van der Waals surface area contributed by atoms with E-state index >= 15 is 0 Å². The average Bonchev–Trinajstić information content (AvgIpc) is 4.00. The fraction of sp³-hybridized carbons (Fsp3) is 0.538. The molecular formula is C39H52N10O13P2Si. The van der Waals surface area contributed by atoms with Crippen LogP contribution >= 0.6 is 15.4 Å². The van der Waals surface area contributed by atoms with Crippen molar-refractivity contribution in [3.8, 4) is 0 Å². The van der Waals surface area contributed by atoms with Gasteiger partial charge in [-0.3, -0.25) is 52.0 Å². The number of fused-ring (bicyclic) bond motifs is 6. The molecule has 350 valence electrons. The minimum Gasteiger partial charge on any atom is -0.408 e. The predicted molar refractivity (Wildman–Crippen MR) is 235 cm³/mol. The number of ether oxygens (including phenoxy) is 2. The lowest BCUT2D eigenvalue weighted by Crippen LogP contribution is -2.50.